The van der Waals surface area contributed by atoms with E-state index in [0.29, 0.717) is 0 Å². The number of carboxylic acids is 1. The number of carbonyl (C=O) groups is 2. The molecule has 1 heterocycles. The molecule has 104 valence electrons. The van der Waals surface area contributed by atoms with Crippen LogP contribution in [-0.4, -0.2) is 35.0 Å². The van der Waals surface area contributed by atoms with Gasteiger partial charge in [0.2, 0.25) is 5.91 Å². The molecule has 2 aliphatic carbocycles. The second-order valence-corrected chi connectivity index (χ2v) is 6.08. The fourth-order valence-corrected chi connectivity index (χ4v) is 4.00. The van der Waals surface area contributed by atoms with Crippen molar-refractivity contribution in [3.63, 3.8) is 0 Å². The normalized spacial score (nSPS) is 37.4. The number of nitrogens with zero attached hydrogens (tertiary/aromatic N) is 1. The van der Waals surface area contributed by atoms with E-state index in [1.54, 1.807) is 0 Å². The van der Waals surface area contributed by atoms with E-state index in [2.05, 4.69) is 6.08 Å². The molecular formula is C15H21NO3. The van der Waals surface area contributed by atoms with E-state index >= 15 is 0 Å². The Balaban J connectivity index is 1.78. The standard InChI is InChI=1S/C15H21NO3/c17-14(16-7-3-1-2-4-8-16)12-10-5-6-11(9-10)13(12)15(18)19/h5-6,10-13H,1-4,7-9H2,(H,18,19)/t10-,11+,12+,13-/m0/s1. The van der Waals surface area contributed by atoms with Crippen molar-refractivity contribution >= 4 is 11.9 Å². The lowest BCUT2D eigenvalue weighted by molar-refractivity contribution is -0.151. The van der Waals surface area contributed by atoms with Crippen LogP contribution in [0.25, 0.3) is 0 Å². The van der Waals surface area contributed by atoms with Crippen LogP contribution in [0.4, 0.5) is 0 Å². The molecule has 1 amide bonds. The van der Waals surface area contributed by atoms with Crippen LogP contribution >= 0.6 is 0 Å². The number of carbonyl (C=O) groups excluding carboxylic acids is 1. The fraction of sp³-hybridized carbons (Fsp3) is 0.733. The second-order valence-electron chi connectivity index (χ2n) is 6.08. The Morgan fingerprint density at radius 2 is 1.53 bits per heavy atom. The van der Waals surface area contributed by atoms with E-state index in [4.69, 9.17) is 0 Å². The molecule has 4 atom stereocenters. The highest BCUT2D eigenvalue weighted by Crippen LogP contribution is 2.48. The lowest BCUT2D eigenvalue weighted by atomic mass is 9.82. The van der Waals surface area contributed by atoms with Crippen LogP contribution in [-0.2, 0) is 9.59 Å². The van der Waals surface area contributed by atoms with Gasteiger partial charge in [-0.15, -0.1) is 0 Å². The summed E-state index contributed by atoms with van der Waals surface area (Å²) in [6.07, 6.45) is 9.38. The van der Waals surface area contributed by atoms with E-state index in [9.17, 15) is 14.7 Å². The van der Waals surface area contributed by atoms with Gasteiger partial charge < -0.3 is 10.0 Å². The van der Waals surface area contributed by atoms with Crippen LogP contribution < -0.4 is 0 Å². The van der Waals surface area contributed by atoms with Crippen LogP contribution in [0, 0.1) is 23.7 Å². The first-order valence-corrected chi connectivity index (χ1v) is 7.38. The summed E-state index contributed by atoms with van der Waals surface area (Å²) in [6, 6.07) is 0. The summed E-state index contributed by atoms with van der Waals surface area (Å²) in [4.78, 5) is 26.1. The third-order valence-corrected chi connectivity index (χ3v) is 4.95. The topological polar surface area (TPSA) is 57.6 Å². The van der Waals surface area contributed by atoms with Crippen molar-refractivity contribution in [3.8, 4) is 0 Å². The molecule has 3 aliphatic rings. The number of hydrogen-bond acceptors (Lipinski definition) is 2. The molecule has 2 fully saturated rings. The summed E-state index contributed by atoms with van der Waals surface area (Å²) < 4.78 is 0. The van der Waals surface area contributed by atoms with Gasteiger partial charge in [-0.05, 0) is 31.1 Å². The molecule has 19 heavy (non-hydrogen) atoms. The van der Waals surface area contributed by atoms with Crippen LogP contribution in [0.1, 0.15) is 32.1 Å². The number of aliphatic carboxylic acids is 1. The van der Waals surface area contributed by atoms with Gasteiger partial charge in [-0.2, -0.15) is 0 Å². The van der Waals surface area contributed by atoms with Gasteiger partial charge in [0.25, 0.3) is 0 Å². The van der Waals surface area contributed by atoms with Crippen molar-refractivity contribution < 1.29 is 14.7 Å². The van der Waals surface area contributed by atoms with Crippen LogP contribution in [0.2, 0.25) is 0 Å². The first-order chi connectivity index (χ1) is 9.18. The molecule has 1 N–H and O–H groups in total. The molecule has 0 unspecified atom stereocenters. The molecule has 1 saturated carbocycles. The van der Waals surface area contributed by atoms with E-state index in [1.807, 2.05) is 11.0 Å². The molecule has 0 aromatic heterocycles. The minimum absolute atomic E-state index is 0.0726. The molecule has 1 aliphatic heterocycles. The van der Waals surface area contributed by atoms with Crippen molar-refractivity contribution in [2.24, 2.45) is 23.7 Å². The molecule has 1 saturated heterocycles. The molecule has 0 spiro atoms. The maximum Gasteiger partial charge on any atom is 0.307 e. The fourth-order valence-electron chi connectivity index (χ4n) is 4.00. The minimum atomic E-state index is -0.801. The maximum absolute atomic E-state index is 12.7. The highest BCUT2D eigenvalue weighted by molar-refractivity contribution is 5.87. The summed E-state index contributed by atoms with van der Waals surface area (Å²) >= 11 is 0. The largest absolute Gasteiger partial charge is 0.481 e. The van der Waals surface area contributed by atoms with Crippen molar-refractivity contribution in [1.82, 2.24) is 4.90 Å². The number of fused-ring (bicyclic) bond motifs is 2. The van der Waals surface area contributed by atoms with Gasteiger partial charge in [-0.3, -0.25) is 9.59 Å². The first-order valence-electron chi connectivity index (χ1n) is 7.38. The zero-order valence-electron chi connectivity index (χ0n) is 11.1. The lowest BCUT2D eigenvalue weighted by Crippen LogP contribution is -2.43. The number of amides is 1. The van der Waals surface area contributed by atoms with Crippen LogP contribution in [0.15, 0.2) is 12.2 Å². The number of likely N-dealkylation sites (tertiary alicyclic amines) is 1. The van der Waals surface area contributed by atoms with E-state index in [0.717, 1.165) is 32.4 Å². The van der Waals surface area contributed by atoms with Crippen molar-refractivity contribution in [2.75, 3.05) is 13.1 Å². The highest BCUT2D eigenvalue weighted by Gasteiger charge is 2.52. The van der Waals surface area contributed by atoms with Gasteiger partial charge in [0.15, 0.2) is 0 Å². The van der Waals surface area contributed by atoms with Crippen LogP contribution in [0.3, 0.4) is 0 Å². The molecule has 3 rings (SSSR count). The van der Waals surface area contributed by atoms with Gasteiger partial charge in [-0.1, -0.05) is 25.0 Å². The second kappa shape index (κ2) is 4.99. The van der Waals surface area contributed by atoms with Gasteiger partial charge in [0.1, 0.15) is 0 Å². The minimum Gasteiger partial charge on any atom is -0.481 e. The van der Waals surface area contributed by atoms with Crippen LogP contribution in [0.5, 0.6) is 0 Å². The maximum atomic E-state index is 12.7. The van der Waals surface area contributed by atoms with Crippen molar-refractivity contribution in [1.29, 1.82) is 0 Å². The Labute approximate surface area is 113 Å². The van der Waals surface area contributed by atoms with E-state index in [1.165, 1.54) is 12.8 Å². The summed E-state index contributed by atoms with van der Waals surface area (Å²) in [5.41, 5.74) is 0. The predicted octanol–water partition coefficient (Wildman–Crippen LogP) is 1.91. The molecule has 0 aromatic rings. The number of allylic oxidation sites excluding steroid dienone is 2. The smallest absolute Gasteiger partial charge is 0.307 e. The average Bonchev–Trinajstić information content (AvgIpc) is 2.89. The van der Waals surface area contributed by atoms with Gasteiger partial charge in [-0.25, -0.2) is 0 Å². The molecule has 4 nitrogen and oxygen atoms in total. The summed E-state index contributed by atoms with van der Waals surface area (Å²) in [7, 11) is 0. The quantitative estimate of drug-likeness (QED) is 0.774. The Morgan fingerprint density at radius 1 is 0.947 bits per heavy atom. The average molecular weight is 263 g/mol. The molecule has 4 heteroatoms. The monoisotopic (exact) mass is 263 g/mol. The summed E-state index contributed by atoms with van der Waals surface area (Å²) in [5, 5.41) is 9.40. The highest BCUT2D eigenvalue weighted by atomic mass is 16.4. The lowest BCUT2D eigenvalue weighted by Gasteiger charge is -2.30. The third-order valence-electron chi connectivity index (χ3n) is 4.95. The molecular weight excluding hydrogens is 242 g/mol. The molecule has 0 radical (unpaired) electrons. The van der Waals surface area contributed by atoms with E-state index < -0.39 is 11.9 Å². The molecule has 0 aromatic carbocycles. The van der Waals surface area contributed by atoms with Gasteiger partial charge in [0.05, 0.1) is 11.8 Å². The number of hydrogen-bond donors (Lipinski definition) is 1. The zero-order chi connectivity index (χ0) is 13.4. The van der Waals surface area contributed by atoms with Gasteiger partial charge in [0, 0.05) is 13.1 Å². The van der Waals surface area contributed by atoms with Gasteiger partial charge >= 0.3 is 5.97 Å². The zero-order valence-corrected chi connectivity index (χ0v) is 11.1. The Kier molecular flexibility index (Phi) is 3.33. The first kappa shape index (κ1) is 12.7. The Bertz CT molecular complexity index is 410. The number of rotatable bonds is 2. The number of carboxylic acid groups (broad SMARTS) is 1. The van der Waals surface area contributed by atoms with Crippen molar-refractivity contribution in [2.45, 2.75) is 32.1 Å². The summed E-state index contributed by atoms with van der Waals surface area (Å²) in [5.74, 6) is -1.29. The molecule has 2 bridgehead atoms. The Morgan fingerprint density at radius 3 is 2.11 bits per heavy atom. The van der Waals surface area contributed by atoms with Crippen molar-refractivity contribution in [3.05, 3.63) is 12.2 Å². The van der Waals surface area contributed by atoms with E-state index in [-0.39, 0.29) is 23.7 Å². The predicted molar refractivity (Wildman–Crippen MR) is 70.4 cm³/mol. The third kappa shape index (κ3) is 2.17. The summed E-state index contributed by atoms with van der Waals surface area (Å²) in [6.45, 7) is 1.62. The SMILES string of the molecule is O=C(O)[C@@H]1[C@H](C(=O)N2CCCCCC2)[C@H]2C=C[C@@H]1C2. The Hall–Kier alpha value is -1.32.